The van der Waals surface area contributed by atoms with Crippen LogP contribution in [0, 0.1) is 5.92 Å². The predicted octanol–water partition coefficient (Wildman–Crippen LogP) is 3.85. The van der Waals surface area contributed by atoms with Crippen molar-refractivity contribution in [2.24, 2.45) is 11.7 Å². The maximum atomic E-state index is 6.47. The van der Waals surface area contributed by atoms with Crippen LogP contribution in [0.1, 0.15) is 41.4 Å². The summed E-state index contributed by atoms with van der Waals surface area (Å²) in [5, 5.41) is 0. The molecule has 0 radical (unpaired) electrons. The standard InChI is InChI=1S/C19H21N/c20-19(11-15-10-14-8-4-5-9-16(14)15)18-12-17(18)13-6-2-1-3-7-13/h1-9,15,17-19H,10-12,20H2. The van der Waals surface area contributed by atoms with Crippen molar-refractivity contribution in [2.45, 2.75) is 37.1 Å². The topological polar surface area (TPSA) is 26.0 Å². The largest absolute Gasteiger partial charge is 0.327 e. The van der Waals surface area contributed by atoms with Gasteiger partial charge in [0.15, 0.2) is 0 Å². The van der Waals surface area contributed by atoms with E-state index < -0.39 is 0 Å². The maximum Gasteiger partial charge on any atom is 0.00791 e. The highest BCUT2D eigenvalue weighted by molar-refractivity contribution is 5.40. The van der Waals surface area contributed by atoms with E-state index in [2.05, 4.69) is 54.6 Å². The lowest BCUT2D eigenvalue weighted by molar-refractivity contribution is 0.450. The van der Waals surface area contributed by atoms with Crippen molar-refractivity contribution >= 4 is 0 Å². The molecular weight excluding hydrogens is 242 g/mol. The molecule has 4 unspecified atom stereocenters. The first-order valence-electron chi connectivity index (χ1n) is 7.71. The summed E-state index contributed by atoms with van der Waals surface area (Å²) in [6, 6.07) is 20.0. The van der Waals surface area contributed by atoms with Gasteiger partial charge in [0.2, 0.25) is 0 Å². The van der Waals surface area contributed by atoms with Gasteiger partial charge in [-0.3, -0.25) is 0 Å². The van der Waals surface area contributed by atoms with Crippen molar-refractivity contribution in [2.75, 3.05) is 0 Å². The van der Waals surface area contributed by atoms with Gasteiger partial charge >= 0.3 is 0 Å². The Hall–Kier alpha value is -1.60. The van der Waals surface area contributed by atoms with E-state index in [1.54, 1.807) is 5.56 Å². The third kappa shape index (κ3) is 2.06. The highest BCUT2D eigenvalue weighted by atomic mass is 14.7. The Labute approximate surface area is 120 Å². The molecule has 0 heterocycles. The van der Waals surface area contributed by atoms with Crippen molar-refractivity contribution in [3.63, 3.8) is 0 Å². The van der Waals surface area contributed by atoms with E-state index in [9.17, 15) is 0 Å². The van der Waals surface area contributed by atoms with Gasteiger partial charge in [-0.25, -0.2) is 0 Å². The predicted molar refractivity (Wildman–Crippen MR) is 82.8 cm³/mol. The van der Waals surface area contributed by atoms with E-state index >= 15 is 0 Å². The summed E-state index contributed by atoms with van der Waals surface area (Å²) in [6.45, 7) is 0. The summed E-state index contributed by atoms with van der Waals surface area (Å²) in [7, 11) is 0. The zero-order valence-electron chi connectivity index (χ0n) is 11.7. The average molecular weight is 263 g/mol. The van der Waals surface area contributed by atoms with Gasteiger partial charge in [-0.15, -0.1) is 0 Å². The van der Waals surface area contributed by atoms with Crippen LogP contribution in [-0.4, -0.2) is 6.04 Å². The monoisotopic (exact) mass is 263 g/mol. The van der Waals surface area contributed by atoms with Crippen LogP contribution in [0.4, 0.5) is 0 Å². The molecule has 2 aromatic carbocycles. The highest BCUT2D eigenvalue weighted by Crippen LogP contribution is 2.51. The Morgan fingerprint density at radius 3 is 2.55 bits per heavy atom. The number of fused-ring (bicyclic) bond motifs is 1. The van der Waals surface area contributed by atoms with Gasteiger partial charge in [-0.05, 0) is 53.7 Å². The molecule has 20 heavy (non-hydrogen) atoms. The summed E-state index contributed by atoms with van der Waals surface area (Å²) >= 11 is 0. The quantitative estimate of drug-likeness (QED) is 0.891. The zero-order chi connectivity index (χ0) is 13.5. The Morgan fingerprint density at radius 2 is 1.75 bits per heavy atom. The molecule has 1 fully saturated rings. The summed E-state index contributed by atoms with van der Waals surface area (Å²) in [5.41, 5.74) is 11.0. The van der Waals surface area contributed by atoms with E-state index in [1.165, 1.54) is 24.0 Å². The minimum atomic E-state index is 0.360. The van der Waals surface area contributed by atoms with E-state index in [0.29, 0.717) is 23.8 Å². The van der Waals surface area contributed by atoms with Crippen molar-refractivity contribution in [3.05, 3.63) is 71.3 Å². The lowest BCUT2D eigenvalue weighted by Crippen LogP contribution is -2.30. The first kappa shape index (κ1) is 12.2. The third-order valence-corrected chi connectivity index (χ3v) is 5.14. The Bertz CT molecular complexity index is 604. The van der Waals surface area contributed by atoms with Crippen LogP contribution in [0.3, 0.4) is 0 Å². The van der Waals surface area contributed by atoms with Gasteiger partial charge in [0.1, 0.15) is 0 Å². The number of hydrogen-bond donors (Lipinski definition) is 1. The highest BCUT2D eigenvalue weighted by Gasteiger charge is 2.43. The second-order valence-electron chi connectivity index (χ2n) is 6.42. The molecule has 2 aliphatic carbocycles. The Kier molecular flexibility index (Phi) is 2.89. The molecule has 4 rings (SSSR count). The number of nitrogens with two attached hydrogens (primary N) is 1. The maximum absolute atomic E-state index is 6.47. The Morgan fingerprint density at radius 1 is 1.00 bits per heavy atom. The minimum absolute atomic E-state index is 0.360. The van der Waals surface area contributed by atoms with Gasteiger partial charge in [0.05, 0.1) is 0 Å². The molecule has 1 saturated carbocycles. The van der Waals surface area contributed by atoms with Crippen molar-refractivity contribution < 1.29 is 0 Å². The molecule has 0 aromatic heterocycles. The van der Waals surface area contributed by atoms with E-state index in [-0.39, 0.29) is 0 Å². The van der Waals surface area contributed by atoms with Crippen LogP contribution >= 0.6 is 0 Å². The molecule has 0 bridgehead atoms. The first-order chi connectivity index (χ1) is 9.83. The third-order valence-electron chi connectivity index (χ3n) is 5.14. The number of rotatable bonds is 4. The smallest absolute Gasteiger partial charge is 0.00791 e. The molecule has 2 aromatic rings. The van der Waals surface area contributed by atoms with Crippen LogP contribution in [0.25, 0.3) is 0 Å². The molecule has 102 valence electrons. The summed E-state index contributed by atoms with van der Waals surface area (Å²) in [6.07, 6.45) is 3.66. The lowest BCUT2D eigenvalue weighted by atomic mass is 9.74. The van der Waals surface area contributed by atoms with Gasteiger partial charge in [0.25, 0.3) is 0 Å². The molecule has 4 atom stereocenters. The van der Waals surface area contributed by atoms with Gasteiger partial charge in [0, 0.05) is 6.04 Å². The molecule has 2 aliphatic rings. The van der Waals surface area contributed by atoms with E-state index in [4.69, 9.17) is 5.73 Å². The molecule has 0 saturated heterocycles. The molecule has 0 aliphatic heterocycles. The average Bonchev–Trinajstić information content (AvgIpc) is 3.26. The Balaban J connectivity index is 1.38. The fourth-order valence-corrected chi connectivity index (χ4v) is 3.85. The summed E-state index contributed by atoms with van der Waals surface area (Å²) in [4.78, 5) is 0. The van der Waals surface area contributed by atoms with Gasteiger partial charge < -0.3 is 5.73 Å². The van der Waals surface area contributed by atoms with Gasteiger partial charge in [-0.1, -0.05) is 54.6 Å². The molecule has 0 spiro atoms. The molecule has 0 amide bonds. The molecular formula is C19H21N. The first-order valence-corrected chi connectivity index (χ1v) is 7.71. The van der Waals surface area contributed by atoms with Crippen molar-refractivity contribution in [3.8, 4) is 0 Å². The second kappa shape index (κ2) is 4.75. The van der Waals surface area contributed by atoms with E-state index in [0.717, 1.165) is 6.42 Å². The lowest BCUT2D eigenvalue weighted by Gasteiger charge is -2.32. The fraction of sp³-hybridized carbons (Fsp3) is 0.368. The second-order valence-corrected chi connectivity index (χ2v) is 6.42. The number of benzene rings is 2. The fourth-order valence-electron chi connectivity index (χ4n) is 3.85. The number of hydrogen-bond acceptors (Lipinski definition) is 1. The molecule has 2 N–H and O–H groups in total. The zero-order valence-corrected chi connectivity index (χ0v) is 11.7. The van der Waals surface area contributed by atoms with Crippen LogP contribution in [0.5, 0.6) is 0 Å². The summed E-state index contributed by atoms with van der Waals surface area (Å²) in [5.74, 6) is 2.12. The minimum Gasteiger partial charge on any atom is -0.327 e. The SMILES string of the molecule is NC(CC1Cc2ccccc21)C1CC1c1ccccc1. The van der Waals surface area contributed by atoms with Gasteiger partial charge in [-0.2, -0.15) is 0 Å². The summed E-state index contributed by atoms with van der Waals surface area (Å²) < 4.78 is 0. The van der Waals surface area contributed by atoms with Crippen LogP contribution in [0.2, 0.25) is 0 Å². The van der Waals surface area contributed by atoms with Crippen LogP contribution < -0.4 is 5.73 Å². The van der Waals surface area contributed by atoms with Crippen LogP contribution in [0.15, 0.2) is 54.6 Å². The van der Waals surface area contributed by atoms with Crippen molar-refractivity contribution in [1.82, 2.24) is 0 Å². The molecule has 1 nitrogen and oxygen atoms in total. The normalized spacial score (nSPS) is 28.4. The van der Waals surface area contributed by atoms with Crippen molar-refractivity contribution in [1.29, 1.82) is 0 Å². The van der Waals surface area contributed by atoms with Crippen LogP contribution in [-0.2, 0) is 6.42 Å². The van der Waals surface area contributed by atoms with E-state index in [1.807, 2.05) is 0 Å². The molecule has 1 heteroatoms.